The number of ether oxygens (including phenoxy) is 2. The summed E-state index contributed by atoms with van der Waals surface area (Å²) in [6, 6.07) is 4.30. The summed E-state index contributed by atoms with van der Waals surface area (Å²) < 4.78 is 11.9. The van der Waals surface area contributed by atoms with E-state index in [1.54, 1.807) is 23.1 Å². The molecule has 8 nitrogen and oxygen atoms in total. The van der Waals surface area contributed by atoms with Crippen LogP contribution in [0.1, 0.15) is 25.0 Å². The zero-order valence-corrected chi connectivity index (χ0v) is 20.5. The number of fused-ring (bicyclic) bond motifs is 2. The molecule has 1 aromatic carbocycles. The van der Waals surface area contributed by atoms with E-state index in [1.807, 2.05) is 52.0 Å². The van der Waals surface area contributed by atoms with Crippen molar-refractivity contribution in [2.45, 2.75) is 51.5 Å². The van der Waals surface area contributed by atoms with Gasteiger partial charge in [0.2, 0.25) is 5.91 Å². The molecular formula is C27H32N2O6. The van der Waals surface area contributed by atoms with E-state index in [0.717, 1.165) is 16.8 Å². The molecule has 0 aromatic heterocycles. The van der Waals surface area contributed by atoms with Gasteiger partial charge in [-0.15, -0.1) is 0 Å². The smallest absolute Gasteiger partial charge is 0.313 e. The SMILES string of the molecule is Cc1ccc(C)c(N2CC=C[C@]34O[C@H]5C=CCOC(=O)[C@H]5[C@H]3C(=O)N([C@@H](CO)C(C)C)C4C2=O)c1. The Kier molecular flexibility index (Phi) is 5.84. The lowest BCUT2D eigenvalue weighted by molar-refractivity contribution is -0.154. The highest BCUT2D eigenvalue weighted by molar-refractivity contribution is 6.06. The van der Waals surface area contributed by atoms with Gasteiger partial charge in [0.1, 0.15) is 24.2 Å². The summed E-state index contributed by atoms with van der Waals surface area (Å²) >= 11 is 0. The van der Waals surface area contributed by atoms with Crippen LogP contribution in [0.5, 0.6) is 0 Å². The standard InChI is InChI=1S/C27H32N2O6/c1-15(2)19(14-30)29-23-25(32)28(18-13-16(3)8-9-17(18)4)11-6-10-27(23)22(24(29)31)21-20(35-27)7-5-12-34-26(21)33/h5-10,13,15,19-23,30H,11-12,14H2,1-4H3/t19-,20-,21+,22-,23?,27-/m0/s1. The zero-order valence-electron chi connectivity index (χ0n) is 20.5. The molecule has 5 rings (SSSR count). The summed E-state index contributed by atoms with van der Waals surface area (Å²) in [5.74, 6) is -3.04. The molecule has 4 heterocycles. The van der Waals surface area contributed by atoms with Crippen molar-refractivity contribution in [3.63, 3.8) is 0 Å². The van der Waals surface area contributed by atoms with Crippen molar-refractivity contribution in [2.75, 3.05) is 24.7 Å². The van der Waals surface area contributed by atoms with Crippen molar-refractivity contribution in [1.82, 2.24) is 4.90 Å². The van der Waals surface area contributed by atoms with E-state index in [9.17, 15) is 19.5 Å². The van der Waals surface area contributed by atoms with Gasteiger partial charge >= 0.3 is 5.97 Å². The minimum absolute atomic E-state index is 0.120. The van der Waals surface area contributed by atoms with Gasteiger partial charge in [-0.1, -0.05) is 44.2 Å². The number of carbonyl (C=O) groups is 3. The van der Waals surface area contributed by atoms with Gasteiger partial charge < -0.3 is 24.4 Å². The van der Waals surface area contributed by atoms with Crippen LogP contribution in [0, 0.1) is 31.6 Å². The molecule has 1 N–H and O–H groups in total. The van der Waals surface area contributed by atoms with Gasteiger partial charge in [0.25, 0.3) is 5.91 Å². The van der Waals surface area contributed by atoms with Crippen molar-refractivity contribution in [3.8, 4) is 0 Å². The number of nitrogens with zero attached hydrogens (tertiary/aromatic N) is 2. The largest absolute Gasteiger partial charge is 0.461 e. The summed E-state index contributed by atoms with van der Waals surface area (Å²) in [5.41, 5.74) is 1.39. The Labute approximate surface area is 205 Å². The molecule has 186 valence electrons. The molecule has 0 saturated carbocycles. The Morgan fingerprint density at radius 3 is 2.63 bits per heavy atom. The molecule has 6 atom stereocenters. The van der Waals surface area contributed by atoms with Gasteiger partial charge in [0.15, 0.2) is 0 Å². The number of esters is 1. The number of rotatable bonds is 4. The molecular weight excluding hydrogens is 448 g/mol. The van der Waals surface area contributed by atoms with Crippen LogP contribution in [-0.4, -0.2) is 71.3 Å². The highest BCUT2D eigenvalue weighted by Crippen LogP contribution is 2.54. The van der Waals surface area contributed by atoms with Gasteiger partial charge in [0, 0.05) is 12.2 Å². The first-order valence-corrected chi connectivity index (χ1v) is 12.2. The Balaban J connectivity index is 1.68. The molecule has 4 aliphatic heterocycles. The van der Waals surface area contributed by atoms with Gasteiger partial charge in [-0.05, 0) is 43.0 Å². The lowest BCUT2D eigenvalue weighted by atomic mass is 9.78. The first-order valence-electron chi connectivity index (χ1n) is 12.2. The van der Waals surface area contributed by atoms with Crippen LogP contribution in [-0.2, 0) is 23.9 Å². The number of aliphatic hydroxyl groups is 1. The summed E-state index contributed by atoms with van der Waals surface area (Å²) in [4.78, 5) is 44.6. The van der Waals surface area contributed by atoms with Crippen molar-refractivity contribution in [1.29, 1.82) is 0 Å². The number of anilines is 1. The second kappa shape index (κ2) is 8.60. The van der Waals surface area contributed by atoms with Gasteiger partial charge in [-0.3, -0.25) is 14.4 Å². The molecule has 0 radical (unpaired) electrons. The summed E-state index contributed by atoms with van der Waals surface area (Å²) in [5, 5.41) is 10.3. The van der Waals surface area contributed by atoms with Crippen LogP contribution in [0.4, 0.5) is 5.69 Å². The van der Waals surface area contributed by atoms with E-state index >= 15 is 0 Å². The molecule has 0 bridgehead atoms. The third kappa shape index (κ3) is 3.45. The van der Waals surface area contributed by atoms with E-state index in [-0.39, 0.29) is 30.9 Å². The number of aryl methyl sites for hydroxylation is 2. The van der Waals surface area contributed by atoms with Crippen LogP contribution >= 0.6 is 0 Å². The molecule has 4 aliphatic rings. The van der Waals surface area contributed by atoms with Gasteiger partial charge in [-0.25, -0.2) is 0 Å². The van der Waals surface area contributed by atoms with Crippen molar-refractivity contribution < 1.29 is 29.0 Å². The number of carbonyl (C=O) groups excluding carboxylic acids is 3. The second-order valence-corrected chi connectivity index (χ2v) is 10.3. The quantitative estimate of drug-likeness (QED) is 0.523. The summed E-state index contributed by atoms with van der Waals surface area (Å²) in [7, 11) is 0. The van der Waals surface area contributed by atoms with Crippen LogP contribution < -0.4 is 4.90 Å². The van der Waals surface area contributed by atoms with Crippen molar-refractivity contribution in [2.24, 2.45) is 17.8 Å². The van der Waals surface area contributed by atoms with Gasteiger partial charge in [0.05, 0.1) is 24.7 Å². The van der Waals surface area contributed by atoms with E-state index in [2.05, 4.69) is 0 Å². The highest BCUT2D eigenvalue weighted by Gasteiger charge is 2.72. The van der Waals surface area contributed by atoms with Crippen LogP contribution in [0.3, 0.4) is 0 Å². The van der Waals surface area contributed by atoms with E-state index < -0.39 is 41.6 Å². The Bertz CT molecular complexity index is 1130. The molecule has 2 fully saturated rings. The first kappa shape index (κ1) is 23.8. The zero-order chi connectivity index (χ0) is 25.1. The predicted octanol–water partition coefficient (Wildman–Crippen LogP) is 1.92. The Hall–Kier alpha value is -2.97. The van der Waals surface area contributed by atoms with Crippen LogP contribution in [0.2, 0.25) is 0 Å². The highest BCUT2D eigenvalue weighted by atomic mass is 16.6. The third-order valence-corrected chi connectivity index (χ3v) is 7.82. The maximum absolute atomic E-state index is 14.4. The fourth-order valence-electron chi connectivity index (χ4n) is 6.11. The van der Waals surface area contributed by atoms with Crippen molar-refractivity contribution in [3.05, 3.63) is 53.6 Å². The molecule has 2 saturated heterocycles. The molecule has 0 aliphatic carbocycles. The van der Waals surface area contributed by atoms with E-state index in [4.69, 9.17) is 9.47 Å². The first-order chi connectivity index (χ1) is 16.7. The molecule has 35 heavy (non-hydrogen) atoms. The topological polar surface area (TPSA) is 96.4 Å². The Morgan fingerprint density at radius 2 is 1.91 bits per heavy atom. The number of cyclic esters (lactones) is 1. The number of benzene rings is 1. The van der Waals surface area contributed by atoms with E-state index in [0.29, 0.717) is 6.54 Å². The fourth-order valence-corrected chi connectivity index (χ4v) is 6.11. The summed E-state index contributed by atoms with van der Waals surface area (Å²) in [6.45, 7) is 7.85. The van der Waals surface area contributed by atoms with Crippen LogP contribution in [0.25, 0.3) is 0 Å². The minimum Gasteiger partial charge on any atom is -0.461 e. The molecule has 8 heteroatoms. The average Bonchev–Trinajstić information content (AvgIpc) is 3.11. The maximum atomic E-state index is 14.4. The average molecular weight is 481 g/mol. The maximum Gasteiger partial charge on any atom is 0.313 e. The predicted molar refractivity (Wildman–Crippen MR) is 128 cm³/mol. The fraction of sp³-hybridized carbons (Fsp3) is 0.519. The van der Waals surface area contributed by atoms with Crippen LogP contribution in [0.15, 0.2) is 42.5 Å². The normalized spacial score (nSPS) is 32.8. The number of aliphatic hydroxyl groups excluding tert-OH is 1. The number of hydrogen-bond donors (Lipinski definition) is 1. The third-order valence-electron chi connectivity index (χ3n) is 7.82. The molecule has 2 amide bonds. The molecule has 1 aromatic rings. The monoisotopic (exact) mass is 480 g/mol. The molecule has 1 unspecified atom stereocenters. The number of amides is 2. The van der Waals surface area contributed by atoms with Crippen molar-refractivity contribution >= 4 is 23.5 Å². The minimum atomic E-state index is -1.33. The lowest BCUT2D eigenvalue weighted by Gasteiger charge is -2.40. The Morgan fingerprint density at radius 1 is 1.14 bits per heavy atom. The summed E-state index contributed by atoms with van der Waals surface area (Å²) in [6.07, 6.45) is 6.46. The lowest BCUT2D eigenvalue weighted by Crippen LogP contribution is -2.59. The van der Waals surface area contributed by atoms with E-state index in [1.165, 1.54) is 4.90 Å². The number of hydrogen-bond acceptors (Lipinski definition) is 6. The van der Waals surface area contributed by atoms with Gasteiger partial charge in [-0.2, -0.15) is 0 Å². The number of likely N-dealkylation sites (tertiary alicyclic amines) is 1. The second-order valence-electron chi connectivity index (χ2n) is 10.3. The molecule has 1 spiro atoms.